The molecule has 2 aromatic carbocycles. The molecule has 0 bridgehead atoms. The molecule has 0 aliphatic heterocycles. The minimum atomic E-state index is -4.61. The van der Waals surface area contributed by atoms with Gasteiger partial charge in [-0.2, -0.15) is 0 Å². The van der Waals surface area contributed by atoms with Gasteiger partial charge in [-0.15, -0.1) is 5.10 Å². The minimum Gasteiger partial charge on any atom is -0.497 e. The van der Waals surface area contributed by atoms with Crippen LogP contribution in [0.5, 0.6) is 11.5 Å². The minimum absolute atomic E-state index is 0.204. The highest BCUT2D eigenvalue weighted by molar-refractivity contribution is 8.02. The molecule has 2 rings (SSSR count). The van der Waals surface area contributed by atoms with Crippen molar-refractivity contribution >= 4 is 46.2 Å². The maximum atomic E-state index is 12.1. The lowest BCUT2D eigenvalue weighted by molar-refractivity contribution is -0.121. The van der Waals surface area contributed by atoms with E-state index in [1.807, 2.05) is 24.3 Å². The second-order valence-electron chi connectivity index (χ2n) is 8.02. The van der Waals surface area contributed by atoms with Gasteiger partial charge in [-0.25, -0.2) is 0 Å². The van der Waals surface area contributed by atoms with Crippen molar-refractivity contribution in [1.82, 2.24) is 15.0 Å². The summed E-state index contributed by atoms with van der Waals surface area (Å²) in [6.07, 6.45) is 0.220. The van der Waals surface area contributed by atoms with Crippen LogP contribution >= 0.6 is 22.3 Å². The van der Waals surface area contributed by atoms with E-state index in [1.54, 1.807) is 49.4 Å². The van der Waals surface area contributed by atoms with Crippen molar-refractivity contribution in [3.63, 3.8) is 0 Å². The zero-order valence-electron chi connectivity index (χ0n) is 20.7. The Hall–Kier alpha value is -2.24. The molecule has 0 spiro atoms. The van der Waals surface area contributed by atoms with E-state index >= 15 is 0 Å². The number of amides is 1. The summed E-state index contributed by atoms with van der Waals surface area (Å²) < 4.78 is 34.9. The SMILES string of the molecule is COc1ccc(C=NN(C)[P+](=S)Oc2ccc(CCNC(=O)CN(CP(=O)(O)O)CP(=O)(O)O)cc2)cc1. The maximum absolute atomic E-state index is 12.1. The number of rotatable bonds is 15. The largest absolute Gasteiger partial charge is 0.540 e. The Labute approximate surface area is 226 Å². The van der Waals surface area contributed by atoms with Crippen molar-refractivity contribution in [3.8, 4) is 11.5 Å². The van der Waals surface area contributed by atoms with E-state index < -0.39 is 47.3 Å². The highest BCUT2D eigenvalue weighted by Crippen LogP contribution is 2.40. The first-order valence-electron chi connectivity index (χ1n) is 11.0. The predicted octanol–water partition coefficient (Wildman–Crippen LogP) is 2.04. The first-order valence-corrected chi connectivity index (χ1v) is 16.8. The third-order valence-electron chi connectivity index (χ3n) is 4.70. The highest BCUT2D eigenvalue weighted by Gasteiger charge is 2.27. The number of nitrogens with one attached hydrogen (secondary N) is 1. The molecule has 1 atom stereocenters. The van der Waals surface area contributed by atoms with Crippen LogP contribution in [0.25, 0.3) is 0 Å². The molecular formula is C21H30N4O9P3S+. The Kier molecular flexibility index (Phi) is 12.4. The van der Waals surface area contributed by atoms with E-state index in [1.165, 1.54) is 0 Å². The number of hydrazone groups is 1. The van der Waals surface area contributed by atoms with E-state index in [0.29, 0.717) is 12.2 Å². The van der Waals surface area contributed by atoms with Crippen LogP contribution in [0.4, 0.5) is 0 Å². The van der Waals surface area contributed by atoms with Gasteiger partial charge in [0.2, 0.25) is 17.7 Å². The fourth-order valence-corrected chi connectivity index (χ4v) is 5.56. The summed E-state index contributed by atoms with van der Waals surface area (Å²) in [5, 5.41) is 6.88. The molecule has 5 N–H and O–H groups in total. The molecule has 1 unspecified atom stereocenters. The van der Waals surface area contributed by atoms with Crippen LogP contribution in [0.2, 0.25) is 0 Å². The van der Waals surface area contributed by atoms with Crippen LogP contribution in [-0.4, -0.2) is 81.2 Å². The Morgan fingerprint density at radius 1 is 1.03 bits per heavy atom. The third kappa shape index (κ3) is 13.0. The average molecular weight is 607 g/mol. The van der Waals surface area contributed by atoms with E-state index in [9.17, 15) is 13.9 Å². The topological polar surface area (TPSA) is 181 Å². The standard InChI is InChI=1S/C21H29N4O9P3S/c1-24(23-13-18-5-7-19(33-2)8-6-18)35(38)34-20-9-3-17(4-10-20)11-12-22-21(26)14-25(15-36(27,28)29)16-37(30,31)32/h3-10,13H,11-12,14-16H2,1-2H3,(H4-,22,26,27,28,29,30,31,32)/p+1. The number of hydrogen-bond acceptors (Lipinski definition) is 8. The van der Waals surface area contributed by atoms with E-state index in [0.717, 1.165) is 21.8 Å². The number of methoxy groups -OCH3 is 1. The van der Waals surface area contributed by atoms with Gasteiger partial charge in [0.05, 0.1) is 26.9 Å². The first kappa shape index (κ1) is 32.0. The van der Waals surface area contributed by atoms with Gasteiger partial charge in [0.15, 0.2) is 5.75 Å². The summed E-state index contributed by atoms with van der Waals surface area (Å²) in [5.74, 6) is 0.677. The lowest BCUT2D eigenvalue weighted by Crippen LogP contribution is -2.38. The normalized spacial score (nSPS) is 12.4. The van der Waals surface area contributed by atoms with Crippen LogP contribution in [0.15, 0.2) is 53.6 Å². The zero-order valence-corrected chi connectivity index (χ0v) is 24.2. The van der Waals surface area contributed by atoms with Gasteiger partial charge in [0, 0.05) is 6.54 Å². The molecule has 0 fully saturated rings. The lowest BCUT2D eigenvalue weighted by Gasteiger charge is -2.22. The molecule has 17 heteroatoms. The molecule has 0 saturated heterocycles. The maximum Gasteiger partial charge on any atom is 0.540 e. The van der Waals surface area contributed by atoms with Crippen LogP contribution < -0.4 is 14.6 Å². The second kappa shape index (κ2) is 14.8. The van der Waals surface area contributed by atoms with Gasteiger partial charge in [-0.3, -0.25) is 23.3 Å². The Morgan fingerprint density at radius 2 is 1.58 bits per heavy atom. The Bertz CT molecular complexity index is 1180. The zero-order chi connectivity index (χ0) is 28.3. The molecule has 0 heterocycles. The molecule has 38 heavy (non-hydrogen) atoms. The summed E-state index contributed by atoms with van der Waals surface area (Å²) in [5.41, 5.74) is 1.75. The van der Waals surface area contributed by atoms with Gasteiger partial charge in [-0.1, -0.05) is 16.9 Å². The molecule has 0 aliphatic rings. The van der Waals surface area contributed by atoms with Crippen molar-refractivity contribution in [3.05, 3.63) is 59.7 Å². The molecule has 2 aromatic rings. The van der Waals surface area contributed by atoms with Crippen LogP contribution in [0.1, 0.15) is 11.1 Å². The fraction of sp³-hybridized carbons (Fsp3) is 0.333. The number of benzene rings is 2. The third-order valence-corrected chi connectivity index (χ3v) is 8.12. The average Bonchev–Trinajstić information content (AvgIpc) is 2.81. The molecule has 0 aromatic heterocycles. The highest BCUT2D eigenvalue weighted by atomic mass is 32.4. The quantitative estimate of drug-likeness (QED) is 0.113. The molecule has 208 valence electrons. The summed E-state index contributed by atoms with van der Waals surface area (Å²) in [7, 11) is -7.37. The van der Waals surface area contributed by atoms with E-state index in [-0.39, 0.29) is 6.54 Å². The number of ether oxygens (including phenoxy) is 1. The van der Waals surface area contributed by atoms with Crippen molar-refractivity contribution in [1.29, 1.82) is 0 Å². The fourth-order valence-electron chi connectivity index (χ4n) is 3.02. The molecule has 13 nitrogen and oxygen atoms in total. The van der Waals surface area contributed by atoms with Gasteiger partial charge in [-0.05, 0) is 53.9 Å². The number of hydrogen-bond donors (Lipinski definition) is 5. The van der Waals surface area contributed by atoms with Crippen LogP contribution in [0.3, 0.4) is 0 Å². The van der Waals surface area contributed by atoms with Gasteiger partial charge < -0.3 is 29.6 Å². The molecule has 0 radical (unpaired) electrons. The number of carbonyl (C=O) groups excluding carboxylic acids is 1. The molecule has 0 aliphatic carbocycles. The van der Waals surface area contributed by atoms with Crippen LogP contribution in [0, 0.1) is 0 Å². The van der Waals surface area contributed by atoms with Crippen molar-refractivity contribution in [2.24, 2.45) is 5.10 Å². The molecular weight excluding hydrogens is 577 g/mol. The van der Waals surface area contributed by atoms with Crippen molar-refractivity contribution in [2.75, 3.05) is 39.8 Å². The summed E-state index contributed by atoms with van der Waals surface area (Å²) in [6.45, 7) is -0.366. The smallest absolute Gasteiger partial charge is 0.497 e. The summed E-state index contributed by atoms with van der Waals surface area (Å²) in [4.78, 5) is 49.2. The van der Waals surface area contributed by atoms with Gasteiger partial charge in [0.1, 0.15) is 18.3 Å². The van der Waals surface area contributed by atoms with E-state index in [4.69, 9.17) is 40.6 Å². The van der Waals surface area contributed by atoms with E-state index in [2.05, 4.69) is 10.4 Å². The lowest BCUT2D eigenvalue weighted by atomic mass is 10.1. The van der Waals surface area contributed by atoms with Crippen LogP contribution in [-0.2, 0) is 32.2 Å². The second-order valence-corrected chi connectivity index (χ2v) is 13.4. The van der Waals surface area contributed by atoms with Gasteiger partial charge in [0.25, 0.3) is 0 Å². The first-order chi connectivity index (χ1) is 17.7. The number of carbonyl (C=O) groups is 1. The molecule has 0 saturated carbocycles. The molecule has 1 amide bonds. The predicted molar refractivity (Wildman–Crippen MR) is 147 cm³/mol. The number of nitrogens with zero attached hydrogens (tertiary/aromatic N) is 3. The van der Waals surface area contributed by atoms with Crippen molar-refractivity contribution in [2.45, 2.75) is 6.42 Å². The summed E-state index contributed by atoms with van der Waals surface area (Å²) in [6, 6.07) is 14.5. The Morgan fingerprint density at radius 3 is 2.11 bits per heavy atom. The van der Waals surface area contributed by atoms with Gasteiger partial charge >= 0.3 is 22.3 Å². The summed E-state index contributed by atoms with van der Waals surface area (Å²) >= 11 is 5.41. The van der Waals surface area contributed by atoms with Crippen molar-refractivity contribution < 1.29 is 42.8 Å². The Balaban J connectivity index is 1.81. The monoisotopic (exact) mass is 607 g/mol.